The second kappa shape index (κ2) is 11.9. The van der Waals surface area contributed by atoms with E-state index >= 15 is 0 Å². The molecule has 2 amide bonds. The number of rotatable bonds is 10. The molecule has 0 unspecified atom stereocenters. The zero-order valence-corrected chi connectivity index (χ0v) is 22.3. The zero-order valence-electron chi connectivity index (χ0n) is 20.0. The van der Waals surface area contributed by atoms with E-state index < -0.39 is 28.5 Å². The summed E-state index contributed by atoms with van der Waals surface area (Å²) >= 11 is 12.1. The van der Waals surface area contributed by atoms with Gasteiger partial charge in [0.25, 0.3) is 0 Å². The Morgan fingerprint density at radius 3 is 2.09 bits per heavy atom. The average Bonchev–Trinajstić information content (AvgIpc) is 2.74. The minimum atomic E-state index is -3.86. The highest BCUT2D eigenvalue weighted by Crippen LogP contribution is 2.27. The predicted octanol–water partition coefficient (Wildman–Crippen LogP) is 4.40. The van der Waals surface area contributed by atoms with Crippen molar-refractivity contribution in [3.8, 4) is 0 Å². The molecule has 2 aromatic rings. The maximum atomic E-state index is 13.5. The lowest BCUT2D eigenvalue weighted by molar-refractivity contribution is -0.139. The molecule has 1 N–H and O–H groups in total. The van der Waals surface area contributed by atoms with E-state index in [2.05, 4.69) is 5.32 Å². The number of sulfonamides is 1. The maximum absolute atomic E-state index is 13.5. The van der Waals surface area contributed by atoms with Gasteiger partial charge in [0.15, 0.2) is 0 Å². The van der Waals surface area contributed by atoms with Gasteiger partial charge in [-0.25, -0.2) is 8.42 Å². The molecule has 0 heterocycles. The molecule has 2 aromatic carbocycles. The lowest BCUT2D eigenvalue weighted by Crippen LogP contribution is -2.52. The molecule has 0 aromatic heterocycles. The summed E-state index contributed by atoms with van der Waals surface area (Å²) in [6.07, 6.45) is 1.74. The van der Waals surface area contributed by atoms with E-state index in [1.807, 2.05) is 45.0 Å². The highest BCUT2D eigenvalue weighted by molar-refractivity contribution is 7.92. The third-order valence-corrected chi connectivity index (χ3v) is 7.03. The number of carbonyl (C=O) groups excluding carboxylic acids is 2. The summed E-state index contributed by atoms with van der Waals surface area (Å²) in [5, 5.41) is 3.37. The predicted molar refractivity (Wildman–Crippen MR) is 138 cm³/mol. The lowest BCUT2D eigenvalue weighted by Gasteiger charge is -2.32. The van der Waals surface area contributed by atoms with Gasteiger partial charge in [-0.05, 0) is 51.0 Å². The van der Waals surface area contributed by atoms with Crippen LogP contribution in [-0.4, -0.2) is 50.0 Å². The Bertz CT molecular complexity index is 1100. The second-order valence-electron chi connectivity index (χ2n) is 8.40. The van der Waals surface area contributed by atoms with E-state index in [1.165, 1.54) is 23.1 Å². The number of halogens is 2. The van der Waals surface area contributed by atoms with Crippen molar-refractivity contribution in [2.45, 2.75) is 52.7 Å². The molecule has 186 valence electrons. The van der Waals surface area contributed by atoms with Crippen molar-refractivity contribution in [3.05, 3.63) is 63.6 Å². The van der Waals surface area contributed by atoms with Gasteiger partial charge in [-0.15, -0.1) is 0 Å². The van der Waals surface area contributed by atoms with Gasteiger partial charge in [0, 0.05) is 22.6 Å². The van der Waals surface area contributed by atoms with Crippen LogP contribution in [0.1, 0.15) is 38.3 Å². The van der Waals surface area contributed by atoms with E-state index in [4.69, 9.17) is 23.2 Å². The molecule has 0 bridgehead atoms. The van der Waals surface area contributed by atoms with Crippen LogP contribution in [0.25, 0.3) is 0 Å². The Balaban J connectivity index is 2.41. The molecule has 0 spiro atoms. The van der Waals surface area contributed by atoms with Crippen LogP contribution in [-0.2, 0) is 26.2 Å². The third-order valence-electron chi connectivity index (χ3n) is 5.46. The molecule has 0 aliphatic heterocycles. The van der Waals surface area contributed by atoms with Crippen LogP contribution in [0.15, 0.2) is 42.5 Å². The summed E-state index contributed by atoms with van der Waals surface area (Å²) in [6.45, 7) is 7.04. The number of carbonyl (C=O) groups is 2. The molecule has 0 saturated carbocycles. The smallest absolute Gasteiger partial charge is 0.244 e. The maximum Gasteiger partial charge on any atom is 0.244 e. The van der Waals surface area contributed by atoms with Crippen molar-refractivity contribution in [1.82, 2.24) is 10.2 Å². The SMILES string of the molecule is CC[C@H](C)NC(=O)[C@H](C)N(Cc1ccc(C)cc1)C(=O)CN(c1cc(Cl)cc(Cl)c1)S(C)(=O)=O. The van der Waals surface area contributed by atoms with Crippen LogP contribution in [0.5, 0.6) is 0 Å². The minimum Gasteiger partial charge on any atom is -0.352 e. The summed E-state index contributed by atoms with van der Waals surface area (Å²) in [5.41, 5.74) is 2.05. The van der Waals surface area contributed by atoms with Crippen LogP contribution in [0.3, 0.4) is 0 Å². The summed E-state index contributed by atoms with van der Waals surface area (Å²) in [5.74, 6) is -0.847. The van der Waals surface area contributed by atoms with Crippen LogP contribution >= 0.6 is 23.2 Å². The molecule has 2 rings (SSSR count). The zero-order chi connectivity index (χ0) is 25.6. The average molecular weight is 529 g/mol. The van der Waals surface area contributed by atoms with E-state index in [1.54, 1.807) is 6.92 Å². The van der Waals surface area contributed by atoms with Gasteiger partial charge in [0.1, 0.15) is 12.6 Å². The number of aryl methyl sites for hydroxylation is 1. The van der Waals surface area contributed by atoms with Gasteiger partial charge in [0.2, 0.25) is 21.8 Å². The molecule has 0 aliphatic rings. The Labute approximate surface area is 212 Å². The molecule has 0 saturated heterocycles. The molecule has 0 aliphatic carbocycles. The standard InChI is InChI=1S/C24H31Cl2N3O4S/c1-6-17(3)27-24(31)18(4)28(14-19-9-7-16(2)8-10-19)23(30)15-29(34(5,32)33)22-12-20(25)11-21(26)13-22/h7-13,17-18H,6,14-15H2,1-5H3,(H,27,31)/t17-,18-/m0/s1. The molecule has 10 heteroatoms. The first-order valence-electron chi connectivity index (χ1n) is 10.9. The Morgan fingerprint density at radius 1 is 1.03 bits per heavy atom. The van der Waals surface area contributed by atoms with Crippen molar-refractivity contribution >= 4 is 50.7 Å². The van der Waals surface area contributed by atoms with Crippen molar-refractivity contribution in [2.75, 3.05) is 17.1 Å². The third kappa shape index (κ3) is 7.89. The number of hydrogen-bond donors (Lipinski definition) is 1. The second-order valence-corrected chi connectivity index (χ2v) is 11.2. The summed E-state index contributed by atoms with van der Waals surface area (Å²) < 4.78 is 26.1. The van der Waals surface area contributed by atoms with Crippen molar-refractivity contribution in [3.63, 3.8) is 0 Å². The van der Waals surface area contributed by atoms with E-state index in [0.717, 1.165) is 28.1 Å². The quantitative estimate of drug-likeness (QED) is 0.495. The molecular formula is C24H31Cl2N3O4S. The van der Waals surface area contributed by atoms with Crippen LogP contribution in [0.2, 0.25) is 10.0 Å². The normalized spacial score (nSPS) is 13.1. The van der Waals surface area contributed by atoms with Crippen molar-refractivity contribution < 1.29 is 18.0 Å². The first-order valence-corrected chi connectivity index (χ1v) is 13.5. The summed E-state index contributed by atoms with van der Waals surface area (Å²) in [4.78, 5) is 27.7. The Kier molecular flexibility index (Phi) is 9.79. The summed E-state index contributed by atoms with van der Waals surface area (Å²) in [7, 11) is -3.86. The number of nitrogens with one attached hydrogen (secondary N) is 1. The van der Waals surface area contributed by atoms with Gasteiger partial charge in [-0.3, -0.25) is 13.9 Å². The Hall–Kier alpha value is -2.29. The van der Waals surface area contributed by atoms with Gasteiger partial charge >= 0.3 is 0 Å². The van der Waals surface area contributed by atoms with E-state index in [9.17, 15) is 18.0 Å². The lowest BCUT2D eigenvalue weighted by atomic mass is 10.1. The van der Waals surface area contributed by atoms with Crippen molar-refractivity contribution in [1.29, 1.82) is 0 Å². The number of benzene rings is 2. The number of amides is 2. The van der Waals surface area contributed by atoms with Gasteiger partial charge in [0.05, 0.1) is 11.9 Å². The number of hydrogen-bond acceptors (Lipinski definition) is 4. The molecule has 0 radical (unpaired) electrons. The van der Waals surface area contributed by atoms with Gasteiger partial charge < -0.3 is 10.2 Å². The largest absolute Gasteiger partial charge is 0.352 e. The minimum absolute atomic E-state index is 0.0626. The fraction of sp³-hybridized carbons (Fsp3) is 0.417. The Morgan fingerprint density at radius 2 is 1.59 bits per heavy atom. The molecule has 7 nitrogen and oxygen atoms in total. The first-order chi connectivity index (χ1) is 15.8. The first kappa shape index (κ1) is 28.0. The molecular weight excluding hydrogens is 497 g/mol. The highest BCUT2D eigenvalue weighted by atomic mass is 35.5. The molecule has 2 atom stereocenters. The van der Waals surface area contributed by atoms with Crippen molar-refractivity contribution in [2.24, 2.45) is 0 Å². The van der Waals surface area contributed by atoms with E-state index in [-0.39, 0.29) is 34.2 Å². The fourth-order valence-corrected chi connectivity index (χ4v) is 4.58. The van der Waals surface area contributed by atoms with Crippen LogP contribution < -0.4 is 9.62 Å². The monoisotopic (exact) mass is 527 g/mol. The topological polar surface area (TPSA) is 86.8 Å². The fourth-order valence-electron chi connectivity index (χ4n) is 3.24. The number of anilines is 1. The van der Waals surface area contributed by atoms with Gasteiger partial charge in [-0.1, -0.05) is 60.0 Å². The molecule has 34 heavy (non-hydrogen) atoms. The summed E-state index contributed by atoms with van der Waals surface area (Å²) in [6, 6.07) is 11.0. The van der Waals surface area contributed by atoms with Gasteiger partial charge in [-0.2, -0.15) is 0 Å². The number of nitrogens with zero attached hydrogens (tertiary/aromatic N) is 2. The van der Waals surface area contributed by atoms with E-state index in [0.29, 0.717) is 0 Å². The van der Waals surface area contributed by atoms with Crippen LogP contribution in [0, 0.1) is 6.92 Å². The highest BCUT2D eigenvalue weighted by Gasteiger charge is 2.30. The van der Waals surface area contributed by atoms with Crippen LogP contribution in [0.4, 0.5) is 5.69 Å². The molecule has 0 fully saturated rings.